The first-order chi connectivity index (χ1) is 14.5. The van der Waals surface area contributed by atoms with Gasteiger partial charge in [0.1, 0.15) is 11.5 Å². The maximum atomic E-state index is 13.1. The summed E-state index contributed by atoms with van der Waals surface area (Å²) in [6.07, 6.45) is 8.08. The zero-order valence-corrected chi connectivity index (χ0v) is 17.4. The largest absolute Gasteiger partial charge is 0.507 e. The van der Waals surface area contributed by atoms with E-state index in [1.165, 1.54) is 7.11 Å². The summed E-state index contributed by atoms with van der Waals surface area (Å²) in [6.45, 7) is 0. The molecule has 1 atom stereocenters. The van der Waals surface area contributed by atoms with Gasteiger partial charge in [0, 0.05) is 24.0 Å². The van der Waals surface area contributed by atoms with Gasteiger partial charge in [0.05, 0.1) is 23.7 Å². The van der Waals surface area contributed by atoms with Crippen molar-refractivity contribution in [2.45, 2.75) is 44.2 Å². The standard InChI is InChI=1S/C23H23ClN2O4/c1-30-16-9-10-18(24)17(12-16)21(27)19-20(14-6-5-11-25-13-14)26(23(29)22(19)28)15-7-3-2-4-8-15/h5-6,9-13,15,20,27H,2-4,7-8H2,1H3/b21-19+. The van der Waals surface area contributed by atoms with Crippen LogP contribution in [0.3, 0.4) is 0 Å². The van der Waals surface area contributed by atoms with Crippen LogP contribution in [-0.2, 0) is 9.59 Å². The number of aliphatic hydroxyl groups excluding tert-OH is 1. The predicted molar refractivity (Wildman–Crippen MR) is 113 cm³/mol. The van der Waals surface area contributed by atoms with Crippen LogP contribution in [0.5, 0.6) is 5.75 Å². The normalized spacial score (nSPS) is 21.8. The molecular formula is C23H23ClN2O4. The molecule has 4 rings (SSSR count). The summed E-state index contributed by atoms with van der Waals surface area (Å²) in [4.78, 5) is 32.0. The number of amides is 1. The van der Waals surface area contributed by atoms with Gasteiger partial charge < -0.3 is 14.7 Å². The number of carbonyl (C=O) groups is 2. The van der Waals surface area contributed by atoms with Gasteiger partial charge in [-0.2, -0.15) is 0 Å². The van der Waals surface area contributed by atoms with Crippen molar-refractivity contribution in [3.8, 4) is 5.75 Å². The Morgan fingerprint density at radius 3 is 2.63 bits per heavy atom. The quantitative estimate of drug-likeness (QED) is 0.442. The van der Waals surface area contributed by atoms with Crippen molar-refractivity contribution in [3.05, 3.63) is 64.4 Å². The van der Waals surface area contributed by atoms with E-state index >= 15 is 0 Å². The first kappa shape index (κ1) is 20.4. The average Bonchev–Trinajstić information content (AvgIpc) is 3.05. The second-order valence-corrected chi connectivity index (χ2v) is 8.04. The topological polar surface area (TPSA) is 79.7 Å². The number of carbonyl (C=O) groups excluding carboxylic acids is 2. The zero-order chi connectivity index (χ0) is 21.3. The SMILES string of the molecule is COc1ccc(Cl)c(/C(O)=C2\C(=O)C(=O)N(C3CCCCC3)C2c2cccnc2)c1. The van der Waals surface area contributed by atoms with Gasteiger partial charge in [-0.15, -0.1) is 0 Å². The number of pyridine rings is 1. The fourth-order valence-electron chi connectivity index (χ4n) is 4.41. The molecule has 0 radical (unpaired) electrons. The van der Waals surface area contributed by atoms with E-state index in [9.17, 15) is 14.7 Å². The van der Waals surface area contributed by atoms with Crippen LogP contribution in [0.25, 0.3) is 5.76 Å². The number of aromatic nitrogens is 1. The van der Waals surface area contributed by atoms with Crippen LogP contribution < -0.4 is 4.74 Å². The third-order valence-electron chi connectivity index (χ3n) is 5.88. The minimum atomic E-state index is -0.705. The average molecular weight is 427 g/mol. The van der Waals surface area contributed by atoms with E-state index in [-0.39, 0.29) is 28.0 Å². The second-order valence-electron chi connectivity index (χ2n) is 7.63. The Morgan fingerprint density at radius 1 is 1.20 bits per heavy atom. The third kappa shape index (κ3) is 3.56. The van der Waals surface area contributed by atoms with Gasteiger partial charge in [0.2, 0.25) is 0 Å². The molecule has 1 unspecified atom stereocenters. The van der Waals surface area contributed by atoms with E-state index in [1.807, 2.05) is 6.07 Å². The molecule has 1 aromatic heterocycles. The Balaban J connectivity index is 1.89. The number of aliphatic hydroxyl groups is 1. The molecular weight excluding hydrogens is 404 g/mol. The molecule has 1 amide bonds. The number of ketones is 1. The highest BCUT2D eigenvalue weighted by Gasteiger charge is 2.49. The van der Waals surface area contributed by atoms with Crippen molar-refractivity contribution in [3.63, 3.8) is 0 Å². The van der Waals surface area contributed by atoms with Gasteiger partial charge in [-0.25, -0.2) is 0 Å². The van der Waals surface area contributed by atoms with Gasteiger partial charge in [-0.1, -0.05) is 36.9 Å². The fourth-order valence-corrected chi connectivity index (χ4v) is 4.62. The van der Waals surface area contributed by atoms with E-state index in [2.05, 4.69) is 4.98 Å². The number of hydrogen-bond acceptors (Lipinski definition) is 5. The molecule has 156 valence electrons. The lowest BCUT2D eigenvalue weighted by molar-refractivity contribution is -0.141. The Morgan fingerprint density at radius 2 is 1.97 bits per heavy atom. The zero-order valence-electron chi connectivity index (χ0n) is 16.7. The number of benzene rings is 1. The lowest BCUT2D eigenvalue weighted by Crippen LogP contribution is -2.40. The molecule has 6 nitrogen and oxygen atoms in total. The molecule has 0 spiro atoms. The van der Waals surface area contributed by atoms with Crippen LogP contribution in [0, 0.1) is 0 Å². The van der Waals surface area contributed by atoms with Crippen LogP contribution in [0.1, 0.15) is 49.3 Å². The lowest BCUT2D eigenvalue weighted by atomic mass is 9.91. The number of halogens is 1. The summed E-state index contributed by atoms with van der Waals surface area (Å²) in [5.74, 6) is -1.10. The summed E-state index contributed by atoms with van der Waals surface area (Å²) >= 11 is 6.32. The van der Waals surface area contributed by atoms with E-state index in [0.717, 1.165) is 32.1 Å². The molecule has 1 saturated heterocycles. The van der Waals surface area contributed by atoms with E-state index < -0.39 is 17.7 Å². The van der Waals surface area contributed by atoms with Gasteiger partial charge >= 0.3 is 0 Å². The Kier molecular flexibility index (Phi) is 5.77. The number of hydrogen-bond donors (Lipinski definition) is 1. The van der Waals surface area contributed by atoms with Crippen LogP contribution in [0.2, 0.25) is 5.02 Å². The number of Topliss-reactive ketones (excluding diaryl/α,β-unsaturated/α-hetero) is 1. The molecule has 7 heteroatoms. The van der Waals surface area contributed by atoms with Crippen LogP contribution >= 0.6 is 11.6 Å². The molecule has 0 bridgehead atoms. The molecule has 1 aliphatic carbocycles. The predicted octanol–water partition coefficient (Wildman–Crippen LogP) is 4.50. The molecule has 2 heterocycles. The third-order valence-corrected chi connectivity index (χ3v) is 6.21. The van der Waals surface area contributed by atoms with Gasteiger partial charge in [-0.3, -0.25) is 14.6 Å². The second kappa shape index (κ2) is 8.48. The van der Waals surface area contributed by atoms with Crippen molar-refractivity contribution in [2.24, 2.45) is 0 Å². The van der Waals surface area contributed by atoms with E-state index in [0.29, 0.717) is 11.3 Å². The molecule has 1 aromatic carbocycles. The van der Waals surface area contributed by atoms with Gasteiger partial charge in [0.25, 0.3) is 11.7 Å². The Bertz CT molecular complexity index is 1000. The number of nitrogens with zero attached hydrogens (tertiary/aromatic N) is 2. The van der Waals surface area contributed by atoms with Crippen LogP contribution in [-0.4, -0.2) is 39.8 Å². The minimum absolute atomic E-state index is 0.0359. The first-order valence-electron chi connectivity index (χ1n) is 10.1. The summed E-state index contributed by atoms with van der Waals surface area (Å²) in [7, 11) is 1.50. The molecule has 1 saturated carbocycles. The minimum Gasteiger partial charge on any atom is -0.507 e. The number of ether oxygens (including phenoxy) is 1. The summed E-state index contributed by atoms with van der Waals surface area (Å²) in [5.41, 5.74) is 0.975. The first-order valence-corrected chi connectivity index (χ1v) is 10.4. The van der Waals surface area contributed by atoms with Gasteiger partial charge in [0.15, 0.2) is 0 Å². The summed E-state index contributed by atoms with van der Waals surface area (Å²) in [5, 5.41) is 11.4. The molecule has 30 heavy (non-hydrogen) atoms. The monoisotopic (exact) mass is 426 g/mol. The molecule has 2 aromatic rings. The lowest BCUT2D eigenvalue weighted by Gasteiger charge is -2.35. The molecule has 1 aliphatic heterocycles. The van der Waals surface area contributed by atoms with Crippen molar-refractivity contribution in [1.82, 2.24) is 9.88 Å². The number of rotatable bonds is 4. The highest BCUT2D eigenvalue weighted by Crippen LogP contribution is 2.43. The Hall–Kier alpha value is -2.86. The van der Waals surface area contributed by atoms with E-state index in [4.69, 9.17) is 16.3 Å². The number of methoxy groups -OCH3 is 1. The molecule has 1 N–H and O–H groups in total. The van der Waals surface area contributed by atoms with Crippen LogP contribution in [0.4, 0.5) is 0 Å². The highest BCUT2D eigenvalue weighted by atomic mass is 35.5. The smallest absolute Gasteiger partial charge is 0.295 e. The maximum absolute atomic E-state index is 13.1. The van der Waals surface area contributed by atoms with Crippen molar-refractivity contribution in [2.75, 3.05) is 7.11 Å². The number of likely N-dealkylation sites (tertiary alicyclic amines) is 1. The maximum Gasteiger partial charge on any atom is 0.295 e. The van der Waals surface area contributed by atoms with E-state index in [1.54, 1.807) is 41.6 Å². The summed E-state index contributed by atoms with van der Waals surface area (Å²) < 4.78 is 5.23. The van der Waals surface area contributed by atoms with Crippen LogP contribution in [0.15, 0.2) is 48.3 Å². The fraction of sp³-hybridized carbons (Fsp3) is 0.348. The van der Waals surface area contributed by atoms with Crippen molar-refractivity contribution in [1.29, 1.82) is 0 Å². The highest BCUT2D eigenvalue weighted by molar-refractivity contribution is 6.47. The summed E-state index contributed by atoms with van der Waals surface area (Å²) in [6, 6.07) is 7.64. The van der Waals surface area contributed by atoms with Gasteiger partial charge in [-0.05, 0) is 42.7 Å². The molecule has 2 fully saturated rings. The van der Waals surface area contributed by atoms with Crippen molar-refractivity contribution < 1.29 is 19.4 Å². The Labute approximate surface area is 180 Å². The molecule has 2 aliphatic rings. The van der Waals surface area contributed by atoms with Crippen molar-refractivity contribution >= 4 is 29.1 Å².